The highest BCUT2D eigenvalue weighted by Crippen LogP contribution is 2.77. The molecule has 0 heterocycles. The van der Waals surface area contributed by atoms with Crippen LogP contribution in [0.25, 0.3) is 0 Å². The molecule has 0 aromatic heterocycles. The fraction of sp³-hybridized carbons (Fsp3) is 0.744. The molecule has 0 radical (unpaired) electrons. The van der Waals surface area contributed by atoms with Crippen LogP contribution in [-0.4, -0.2) is 24.3 Å². The maximum atomic E-state index is 13.5. The molecule has 5 fully saturated rings. The van der Waals surface area contributed by atoms with Crippen molar-refractivity contribution in [3.63, 3.8) is 0 Å². The number of rotatable bonds is 8. The van der Waals surface area contributed by atoms with Crippen LogP contribution in [0, 0.1) is 62.1 Å². The van der Waals surface area contributed by atoms with Gasteiger partial charge in [0.1, 0.15) is 19.0 Å². The summed E-state index contributed by atoms with van der Waals surface area (Å²) in [7, 11) is 0. The molecule has 1 aromatic rings. The Morgan fingerprint density at radius 3 is 2.25 bits per heavy atom. The average molecular weight is 659 g/mol. The first-order valence-electron chi connectivity index (χ1n) is 19.0. The van der Waals surface area contributed by atoms with E-state index in [2.05, 4.69) is 48.1 Å². The highest BCUT2D eigenvalue weighted by molar-refractivity contribution is 5.82. The van der Waals surface area contributed by atoms with E-state index in [1.807, 2.05) is 30.3 Å². The van der Waals surface area contributed by atoms with Gasteiger partial charge >= 0.3 is 11.9 Å². The molecule has 0 bridgehead atoms. The van der Waals surface area contributed by atoms with Gasteiger partial charge in [-0.25, -0.2) is 0 Å². The van der Waals surface area contributed by atoms with Gasteiger partial charge in [0.05, 0.1) is 11.8 Å². The van der Waals surface area contributed by atoms with Crippen molar-refractivity contribution in [3.05, 3.63) is 48.0 Å². The lowest BCUT2D eigenvalue weighted by atomic mass is 9.32. The maximum Gasteiger partial charge on any atom is 0.312 e. The van der Waals surface area contributed by atoms with Gasteiger partial charge in [0.15, 0.2) is 0 Å². The van der Waals surface area contributed by atoms with E-state index in [4.69, 9.17) is 9.47 Å². The van der Waals surface area contributed by atoms with E-state index in [1.54, 1.807) is 13.8 Å². The van der Waals surface area contributed by atoms with Gasteiger partial charge in [-0.3, -0.25) is 9.59 Å². The third-order valence-electron chi connectivity index (χ3n) is 15.9. The quantitative estimate of drug-likeness (QED) is 0.158. The number of aldehydes is 1. The number of ether oxygens (including phenoxy) is 2. The summed E-state index contributed by atoms with van der Waals surface area (Å²) in [6, 6.07) is 9.63. The van der Waals surface area contributed by atoms with Crippen LogP contribution in [0.15, 0.2) is 42.5 Å². The Kier molecular flexibility index (Phi) is 8.93. The number of carbonyl (C=O) groups excluding carboxylic acids is 3. The summed E-state index contributed by atoms with van der Waals surface area (Å²) < 4.78 is 11.9. The average Bonchev–Trinajstić information content (AvgIpc) is 3.42. The van der Waals surface area contributed by atoms with Gasteiger partial charge in [0.25, 0.3) is 0 Å². The zero-order chi connectivity index (χ0) is 34.9. The van der Waals surface area contributed by atoms with Crippen LogP contribution in [0.5, 0.6) is 0 Å². The molecule has 6 rings (SSSR count). The smallest absolute Gasteiger partial charge is 0.312 e. The van der Waals surface area contributed by atoms with Crippen molar-refractivity contribution in [2.45, 2.75) is 139 Å². The van der Waals surface area contributed by atoms with Crippen LogP contribution in [-0.2, 0) is 30.5 Å². The normalized spacial score (nSPS) is 41.5. The second-order valence-electron chi connectivity index (χ2n) is 19.0. The van der Waals surface area contributed by atoms with E-state index < -0.39 is 5.41 Å². The lowest BCUT2D eigenvalue weighted by molar-refractivity contribution is -0.248. The van der Waals surface area contributed by atoms with Crippen molar-refractivity contribution in [3.8, 4) is 0 Å². The molecule has 264 valence electrons. The molecular weight excluding hydrogens is 596 g/mol. The Morgan fingerprint density at radius 1 is 0.875 bits per heavy atom. The fourth-order valence-electron chi connectivity index (χ4n) is 13.1. The molecule has 5 heteroatoms. The van der Waals surface area contributed by atoms with E-state index in [1.165, 1.54) is 31.1 Å². The summed E-state index contributed by atoms with van der Waals surface area (Å²) in [6.45, 7) is 22.8. The van der Waals surface area contributed by atoms with Crippen molar-refractivity contribution >= 4 is 18.2 Å². The Labute approximate surface area is 290 Å². The van der Waals surface area contributed by atoms with Gasteiger partial charge in [-0.15, -0.1) is 0 Å². The summed E-state index contributed by atoms with van der Waals surface area (Å²) in [5, 5.41) is 0. The first kappa shape index (κ1) is 35.4. The van der Waals surface area contributed by atoms with Gasteiger partial charge in [-0.1, -0.05) is 77.1 Å². The van der Waals surface area contributed by atoms with Crippen molar-refractivity contribution in [2.75, 3.05) is 0 Å². The molecule has 0 amide bonds. The van der Waals surface area contributed by atoms with Crippen molar-refractivity contribution < 1.29 is 23.9 Å². The number of benzene rings is 1. The monoisotopic (exact) mass is 658 g/mol. The van der Waals surface area contributed by atoms with Gasteiger partial charge in [0.2, 0.25) is 0 Å². The molecule has 0 saturated heterocycles. The third-order valence-corrected chi connectivity index (χ3v) is 15.9. The zero-order valence-corrected chi connectivity index (χ0v) is 31.2. The van der Waals surface area contributed by atoms with E-state index in [0.29, 0.717) is 29.6 Å². The van der Waals surface area contributed by atoms with E-state index in [0.717, 1.165) is 50.5 Å². The number of fused-ring (bicyclic) bond motifs is 7. The van der Waals surface area contributed by atoms with Crippen LogP contribution in [0.3, 0.4) is 0 Å². The van der Waals surface area contributed by atoms with Gasteiger partial charge in [0, 0.05) is 10.8 Å². The predicted molar refractivity (Wildman–Crippen MR) is 190 cm³/mol. The molecular formula is C43H62O5. The molecule has 5 unspecified atom stereocenters. The van der Waals surface area contributed by atoms with Gasteiger partial charge < -0.3 is 14.3 Å². The minimum Gasteiger partial charge on any atom is -0.462 e. The van der Waals surface area contributed by atoms with E-state index in [9.17, 15) is 14.4 Å². The highest BCUT2D eigenvalue weighted by atomic mass is 16.5. The van der Waals surface area contributed by atoms with Crippen LogP contribution >= 0.6 is 0 Å². The third kappa shape index (κ3) is 5.34. The predicted octanol–water partition coefficient (Wildman–Crippen LogP) is 9.91. The molecule has 5 nitrogen and oxygen atoms in total. The molecule has 0 spiro atoms. The summed E-state index contributed by atoms with van der Waals surface area (Å²) >= 11 is 0. The molecule has 0 aliphatic heterocycles. The van der Waals surface area contributed by atoms with Crippen LogP contribution in [0.1, 0.15) is 132 Å². The molecule has 0 N–H and O–H groups in total. The van der Waals surface area contributed by atoms with Crippen LogP contribution in [0.4, 0.5) is 0 Å². The lowest BCUT2D eigenvalue weighted by Crippen LogP contribution is -2.67. The Bertz CT molecular complexity index is 1430. The number of hydrogen-bond acceptors (Lipinski definition) is 5. The SMILES string of the molecule is C=C(C)C1CC[C@]2(C=O)CC[C@]3(C)C(CCC4[C@@]5(C)CC[C@H](OC(=O)CC(C)(C)C(=O)OCc6ccccc6)C(C)(C)C5CC[C@]43C)C12. The lowest BCUT2D eigenvalue weighted by Gasteiger charge is -2.72. The standard InChI is InChI=1S/C43H62O5/c1-28(2)30-17-22-43(27-44)24-23-41(8)31(36(30)43)15-16-33-40(7)20-19-34(39(5,6)32(40)18-21-42(33,41)9)48-35(45)25-38(3,4)37(46)47-26-29-13-11-10-12-14-29/h10-14,27,30-34,36H,1,15-26H2,2-9H3/t30?,31?,32?,33?,34-,36?,40-,41+,42+,43+/m0/s1. The Balaban J connectivity index is 1.16. The van der Waals surface area contributed by atoms with Crippen molar-refractivity contribution in [1.82, 2.24) is 0 Å². The Morgan fingerprint density at radius 2 is 1.58 bits per heavy atom. The largest absolute Gasteiger partial charge is 0.462 e. The molecule has 5 saturated carbocycles. The molecule has 1 aromatic carbocycles. The van der Waals surface area contributed by atoms with Crippen molar-refractivity contribution in [2.24, 2.45) is 62.1 Å². The van der Waals surface area contributed by atoms with Gasteiger partial charge in [-0.05, 0) is 136 Å². The van der Waals surface area contributed by atoms with Gasteiger partial charge in [-0.2, -0.15) is 0 Å². The summed E-state index contributed by atoms with van der Waals surface area (Å²) in [4.78, 5) is 39.3. The first-order valence-corrected chi connectivity index (χ1v) is 19.0. The second kappa shape index (κ2) is 12.1. The minimum atomic E-state index is -0.968. The summed E-state index contributed by atoms with van der Waals surface area (Å²) in [6.07, 6.45) is 12.2. The number of hydrogen-bond donors (Lipinski definition) is 0. The van der Waals surface area contributed by atoms with Crippen LogP contribution < -0.4 is 0 Å². The molecule has 5 aliphatic rings. The van der Waals surface area contributed by atoms with E-state index in [-0.39, 0.29) is 58.1 Å². The topological polar surface area (TPSA) is 69.7 Å². The summed E-state index contributed by atoms with van der Waals surface area (Å²) in [5.41, 5.74) is 1.48. The number of carbonyl (C=O) groups is 3. The van der Waals surface area contributed by atoms with Crippen molar-refractivity contribution in [1.29, 1.82) is 0 Å². The van der Waals surface area contributed by atoms with Crippen LogP contribution in [0.2, 0.25) is 0 Å². The number of allylic oxidation sites excluding steroid dienone is 1. The highest BCUT2D eigenvalue weighted by Gasteiger charge is 2.71. The van der Waals surface area contributed by atoms with E-state index >= 15 is 0 Å². The second-order valence-corrected chi connectivity index (χ2v) is 19.0. The first-order chi connectivity index (χ1) is 22.4. The summed E-state index contributed by atoms with van der Waals surface area (Å²) in [5.74, 6) is 1.83. The molecule has 48 heavy (non-hydrogen) atoms. The maximum absolute atomic E-state index is 13.5. The molecule has 10 atom stereocenters. The minimum absolute atomic E-state index is 0.00417. The zero-order valence-electron chi connectivity index (χ0n) is 31.2. The Hall–Kier alpha value is -2.43. The fourth-order valence-corrected chi connectivity index (χ4v) is 13.1. The number of esters is 2. The molecule has 5 aliphatic carbocycles.